The van der Waals surface area contributed by atoms with Gasteiger partial charge in [0.25, 0.3) is 11.1 Å². The Kier molecular flexibility index (Phi) is 6.03. The molecule has 0 N–H and O–H groups in total. The van der Waals surface area contributed by atoms with E-state index in [1.165, 1.54) is 0 Å². The summed E-state index contributed by atoms with van der Waals surface area (Å²) in [5, 5.41) is 0.610. The van der Waals surface area contributed by atoms with Gasteiger partial charge in [0.15, 0.2) is 5.75 Å². The Hall–Kier alpha value is -2.10. The van der Waals surface area contributed by atoms with Gasteiger partial charge in [0.2, 0.25) is 0 Å². The molecule has 8 heteroatoms. The Morgan fingerprint density at radius 2 is 1.74 bits per heavy atom. The van der Waals surface area contributed by atoms with Gasteiger partial charge in [-0.15, -0.1) is 6.42 Å². The maximum atomic E-state index is 12.7. The van der Waals surface area contributed by atoms with Gasteiger partial charge in [-0.1, -0.05) is 40.7 Å². The fourth-order valence-corrected chi connectivity index (χ4v) is 3.93. The number of carbonyl (C=O) groups excluding carboxylic acids is 2. The highest BCUT2D eigenvalue weighted by atomic mass is 35.5. The zero-order valence-electron chi connectivity index (χ0n) is 13.5. The molecule has 3 rings (SSSR count). The molecule has 0 spiro atoms. The number of rotatable bonds is 4. The lowest BCUT2D eigenvalue weighted by Gasteiger charge is -2.12. The maximum Gasteiger partial charge on any atom is 0.298 e. The van der Waals surface area contributed by atoms with Crippen LogP contribution in [-0.2, 0) is 4.79 Å². The summed E-state index contributed by atoms with van der Waals surface area (Å²) < 4.78 is 5.30. The minimum absolute atomic E-state index is 0.0266. The summed E-state index contributed by atoms with van der Waals surface area (Å²) in [7, 11) is 0. The average molecular weight is 439 g/mol. The molecule has 0 bridgehead atoms. The van der Waals surface area contributed by atoms with E-state index in [0.29, 0.717) is 16.3 Å². The summed E-state index contributed by atoms with van der Waals surface area (Å²) in [4.78, 5) is 26.3. The van der Waals surface area contributed by atoms with Crippen molar-refractivity contribution in [3.05, 3.63) is 61.9 Å². The van der Waals surface area contributed by atoms with Crippen molar-refractivity contribution < 1.29 is 14.3 Å². The van der Waals surface area contributed by atoms with Crippen LogP contribution in [0.3, 0.4) is 0 Å². The average Bonchev–Trinajstić information content (AvgIpc) is 2.89. The van der Waals surface area contributed by atoms with Crippen molar-refractivity contribution in [3.63, 3.8) is 0 Å². The molecule has 2 aromatic rings. The lowest BCUT2D eigenvalue weighted by Crippen LogP contribution is -2.27. The van der Waals surface area contributed by atoms with Gasteiger partial charge < -0.3 is 4.74 Å². The van der Waals surface area contributed by atoms with Crippen LogP contribution in [0, 0.1) is 12.3 Å². The van der Waals surface area contributed by atoms with Crippen molar-refractivity contribution in [2.75, 3.05) is 11.5 Å². The van der Waals surface area contributed by atoms with Crippen LogP contribution in [0.4, 0.5) is 10.5 Å². The molecule has 27 heavy (non-hydrogen) atoms. The minimum atomic E-state index is -0.438. The van der Waals surface area contributed by atoms with Gasteiger partial charge in [-0.2, -0.15) is 0 Å². The third kappa shape index (κ3) is 4.26. The second-order valence-electron chi connectivity index (χ2n) is 5.30. The highest BCUT2D eigenvalue weighted by molar-refractivity contribution is 8.19. The summed E-state index contributed by atoms with van der Waals surface area (Å²) >= 11 is 19.0. The minimum Gasteiger partial charge on any atom is -0.478 e. The number of amides is 2. The SMILES string of the molecule is C#CCOc1c(Cl)cc(/C=C2/SC(=O)N(c3ccc(Cl)cc3)C2=O)cc1Cl. The Bertz CT molecular complexity index is 973. The summed E-state index contributed by atoms with van der Waals surface area (Å²) in [5.74, 6) is 2.16. The van der Waals surface area contributed by atoms with Crippen LogP contribution in [0.25, 0.3) is 6.08 Å². The molecule has 1 aliphatic heterocycles. The number of hydrogen-bond acceptors (Lipinski definition) is 4. The molecular formula is C19H10Cl3NO3S. The number of benzene rings is 2. The molecule has 1 aliphatic rings. The molecule has 0 saturated carbocycles. The second-order valence-corrected chi connectivity index (χ2v) is 7.54. The van der Waals surface area contributed by atoms with Crippen LogP contribution >= 0.6 is 46.6 Å². The van der Waals surface area contributed by atoms with Crippen molar-refractivity contribution in [1.29, 1.82) is 0 Å². The molecule has 0 aliphatic carbocycles. The van der Waals surface area contributed by atoms with Crippen molar-refractivity contribution >= 4 is 69.5 Å². The zero-order valence-corrected chi connectivity index (χ0v) is 16.6. The fraction of sp³-hybridized carbons (Fsp3) is 0.0526. The van der Waals surface area contributed by atoms with Crippen molar-refractivity contribution in [2.24, 2.45) is 0 Å². The Labute approximate surface area is 175 Å². The number of halogens is 3. The summed E-state index contributed by atoms with van der Waals surface area (Å²) in [6.45, 7) is 0.0266. The molecule has 0 aromatic heterocycles. The lowest BCUT2D eigenvalue weighted by molar-refractivity contribution is -0.113. The van der Waals surface area contributed by atoms with Crippen LogP contribution in [0.5, 0.6) is 5.75 Å². The van der Waals surface area contributed by atoms with Gasteiger partial charge >= 0.3 is 0 Å². The molecule has 0 radical (unpaired) electrons. The van der Waals surface area contributed by atoms with Crippen molar-refractivity contribution in [2.45, 2.75) is 0 Å². The van der Waals surface area contributed by atoms with Gasteiger partial charge in [-0.05, 0) is 59.8 Å². The van der Waals surface area contributed by atoms with E-state index in [9.17, 15) is 9.59 Å². The third-order valence-corrected chi connectivity index (χ3v) is 5.18. The molecule has 136 valence electrons. The van der Waals surface area contributed by atoms with E-state index >= 15 is 0 Å². The van der Waals surface area contributed by atoms with E-state index < -0.39 is 11.1 Å². The van der Waals surface area contributed by atoms with Crippen molar-refractivity contribution in [1.82, 2.24) is 0 Å². The number of imide groups is 1. The highest BCUT2D eigenvalue weighted by Crippen LogP contribution is 2.38. The van der Waals surface area contributed by atoms with Crippen LogP contribution in [-0.4, -0.2) is 17.8 Å². The molecule has 4 nitrogen and oxygen atoms in total. The molecule has 1 fully saturated rings. The molecule has 2 amide bonds. The summed E-state index contributed by atoms with van der Waals surface area (Å²) in [6.07, 6.45) is 6.70. The first-order valence-electron chi connectivity index (χ1n) is 7.49. The highest BCUT2D eigenvalue weighted by Gasteiger charge is 2.36. The normalized spacial score (nSPS) is 15.3. The number of carbonyl (C=O) groups is 2. The van der Waals surface area contributed by atoms with E-state index in [0.717, 1.165) is 16.7 Å². The second kappa shape index (κ2) is 8.28. The fourth-order valence-electron chi connectivity index (χ4n) is 2.35. The first kappa shape index (κ1) is 19.7. The Morgan fingerprint density at radius 3 is 2.33 bits per heavy atom. The predicted molar refractivity (Wildman–Crippen MR) is 111 cm³/mol. The first-order valence-corrected chi connectivity index (χ1v) is 9.44. The monoisotopic (exact) mass is 437 g/mol. The van der Waals surface area contributed by atoms with Crippen LogP contribution < -0.4 is 9.64 Å². The van der Waals surface area contributed by atoms with Gasteiger partial charge in [0, 0.05) is 5.02 Å². The van der Waals surface area contributed by atoms with Crippen LogP contribution in [0.1, 0.15) is 5.56 Å². The molecule has 1 heterocycles. The third-order valence-electron chi connectivity index (χ3n) is 3.50. The van der Waals surface area contributed by atoms with Crippen LogP contribution in [0.2, 0.25) is 15.1 Å². The predicted octanol–water partition coefficient (Wildman–Crippen LogP) is 5.90. The van der Waals surface area contributed by atoms with Gasteiger partial charge in [0.05, 0.1) is 20.6 Å². The summed E-state index contributed by atoms with van der Waals surface area (Å²) in [6, 6.07) is 9.58. The maximum absolute atomic E-state index is 12.7. The molecule has 0 atom stereocenters. The zero-order chi connectivity index (χ0) is 19.6. The molecule has 1 saturated heterocycles. The number of hydrogen-bond donors (Lipinski definition) is 0. The largest absolute Gasteiger partial charge is 0.478 e. The van der Waals surface area contributed by atoms with Gasteiger partial charge in [-0.25, -0.2) is 4.90 Å². The number of anilines is 1. The standard InChI is InChI=1S/C19H10Cl3NO3S/c1-2-7-26-17-14(21)8-11(9-15(17)22)10-16-18(24)23(19(25)27-16)13-5-3-12(20)4-6-13/h1,3-6,8-10H,7H2/b16-10+. The Balaban J connectivity index is 1.90. The van der Waals surface area contributed by atoms with E-state index in [1.54, 1.807) is 42.5 Å². The number of thioether (sulfide) groups is 1. The smallest absolute Gasteiger partial charge is 0.298 e. The molecule has 0 unspecified atom stereocenters. The first-order chi connectivity index (χ1) is 12.9. The van der Waals surface area contributed by atoms with Gasteiger partial charge in [-0.3, -0.25) is 9.59 Å². The molecular weight excluding hydrogens is 429 g/mol. The number of terminal acetylenes is 1. The van der Waals surface area contributed by atoms with Gasteiger partial charge in [0.1, 0.15) is 6.61 Å². The number of nitrogens with zero attached hydrogens (tertiary/aromatic N) is 1. The van der Waals surface area contributed by atoms with Crippen molar-refractivity contribution in [3.8, 4) is 18.1 Å². The summed E-state index contributed by atoms with van der Waals surface area (Å²) in [5.41, 5.74) is 0.999. The lowest BCUT2D eigenvalue weighted by atomic mass is 10.2. The van der Waals surface area contributed by atoms with E-state index in [2.05, 4.69) is 5.92 Å². The molecule has 2 aromatic carbocycles. The van der Waals surface area contributed by atoms with Crippen LogP contribution in [0.15, 0.2) is 41.3 Å². The Morgan fingerprint density at radius 1 is 1.11 bits per heavy atom. The van der Waals surface area contributed by atoms with E-state index in [-0.39, 0.29) is 27.3 Å². The topological polar surface area (TPSA) is 46.6 Å². The van der Waals surface area contributed by atoms with E-state index in [4.69, 9.17) is 46.0 Å². The quantitative estimate of drug-likeness (QED) is 0.440. The number of ether oxygens (including phenoxy) is 1. The van der Waals surface area contributed by atoms with E-state index in [1.807, 2.05) is 0 Å².